The average Bonchev–Trinajstić information content (AvgIpc) is 3.26. The van der Waals surface area contributed by atoms with E-state index in [4.69, 9.17) is 17.3 Å². The Morgan fingerprint density at radius 1 is 1.11 bits per heavy atom. The molecule has 1 fully saturated rings. The number of hydrogen-bond donors (Lipinski definition) is 2. The lowest BCUT2D eigenvalue weighted by Gasteiger charge is -2.15. The lowest BCUT2D eigenvalue weighted by molar-refractivity contribution is 0.456. The zero-order chi connectivity index (χ0) is 13.4. The van der Waals surface area contributed by atoms with Crippen LogP contribution in [-0.2, 0) is 0 Å². The predicted molar refractivity (Wildman–Crippen MR) is 78.2 cm³/mol. The molecule has 0 aliphatic heterocycles. The van der Waals surface area contributed by atoms with Gasteiger partial charge in [-0.15, -0.1) is 0 Å². The SMILES string of the molecule is NC(c1cc(-c2ccccc2)cc(Cl)c1O)C1CC1. The van der Waals surface area contributed by atoms with Crippen LogP contribution in [0.15, 0.2) is 42.5 Å². The molecular weight excluding hydrogens is 258 g/mol. The summed E-state index contributed by atoms with van der Waals surface area (Å²) >= 11 is 6.13. The minimum atomic E-state index is -0.124. The van der Waals surface area contributed by atoms with E-state index in [9.17, 15) is 5.11 Å². The molecule has 0 spiro atoms. The van der Waals surface area contributed by atoms with Crippen molar-refractivity contribution in [2.24, 2.45) is 11.7 Å². The first-order chi connectivity index (χ1) is 9.16. The Morgan fingerprint density at radius 3 is 2.42 bits per heavy atom. The van der Waals surface area contributed by atoms with Gasteiger partial charge in [-0.2, -0.15) is 0 Å². The normalized spacial score (nSPS) is 16.3. The van der Waals surface area contributed by atoms with Crippen molar-refractivity contribution in [1.82, 2.24) is 0 Å². The van der Waals surface area contributed by atoms with Crippen LogP contribution in [0.5, 0.6) is 5.75 Å². The van der Waals surface area contributed by atoms with Gasteiger partial charge in [0.1, 0.15) is 5.75 Å². The molecule has 3 N–H and O–H groups in total. The van der Waals surface area contributed by atoms with Gasteiger partial charge in [0.05, 0.1) is 5.02 Å². The van der Waals surface area contributed by atoms with Gasteiger partial charge < -0.3 is 10.8 Å². The fourth-order valence-electron chi connectivity index (χ4n) is 2.38. The molecule has 0 heterocycles. The van der Waals surface area contributed by atoms with Crippen molar-refractivity contribution in [1.29, 1.82) is 0 Å². The second-order valence-electron chi connectivity index (χ2n) is 5.13. The molecular formula is C16H16ClNO. The Hall–Kier alpha value is -1.51. The van der Waals surface area contributed by atoms with E-state index in [1.807, 2.05) is 36.4 Å². The first-order valence-electron chi connectivity index (χ1n) is 6.50. The number of aromatic hydroxyl groups is 1. The molecule has 0 aromatic heterocycles. The van der Waals surface area contributed by atoms with Gasteiger partial charge in [0.2, 0.25) is 0 Å². The number of halogens is 1. The molecule has 3 heteroatoms. The minimum Gasteiger partial charge on any atom is -0.506 e. The molecule has 1 atom stereocenters. The monoisotopic (exact) mass is 273 g/mol. The van der Waals surface area contributed by atoms with Crippen LogP contribution in [0.2, 0.25) is 5.02 Å². The van der Waals surface area contributed by atoms with Gasteiger partial charge >= 0.3 is 0 Å². The molecule has 0 bridgehead atoms. The summed E-state index contributed by atoms with van der Waals surface area (Å²) in [5.74, 6) is 0.605. The molecule has 1 aliphatic carbocycles. The van der Waals surface area contributed by atoms with Gasteiger partial charge in [0.25, 0.3) is 0 Å². The van der Waals surface area contributed by atoms with E-state index in [0.717, 1.165) is 29.5 Å². The van der Waals surface area contributed by atoms with Crippen molar-refractivity contribution in [2.45, 2.75) is 18.9 Å². The Labute approximate surface area is 117 Å². The van der Waals surface area contributed by atoms with E-state index in [-0.39, 0.29) is 11.8 Å². The summed E-state index contributed by atoms with van der Waals surface area (Å²) in [6.07, 6.45) is 2.27. The van der Waals surface area contributed by atoms with Crippen LogP contribution >= 0.6 is 11.6 Å². The lowest BCUT2D eigenvalue weighted by Crippen LogP contribution is -2.12. The molecule has 19 heavy (non-hydrogen) atoms. The van der Waals surface area contributed by atoms with Crippen molar-refractivity contribution in [3.63, 3.8) is 0 Å². The third kappa shape index (κ3) is 2.46. The Kier molecular flexibility index (Phi) is 3.21. The molecule has 2 aromatic carbocycles. The van der Waals surface area contributed by atoms with E-state index >= 15 is 0 Å². The summed E-state index contributed by atoms with van der Waals surface area (Å²) in [6.45, 7) is 0. The molecule has 0 amide bonds. The summed E-state index contributed by atoms with van der Waals surface area (Å²) in [5, 5.41) is 10.5. The van der Waals surface area contributed by atoms with E-state index in [1.54, 1.807) is 6.07 Å². The minimum absolute atomic E-state index is 0.124. The highest BCUT2D eigenvalue weighted by Gasteiger charge is 2.31. The van der Waals surface area contributed by atoms with Crippen molar-refractivity contribution < 1.29 is 5.11 Å². The highest BCUT2D eigenvalue weighted by atomic mass is 35.5. The third-order valence-electron chi connectivity index (χ3n) is 3.69. The number of benzene rings is 2. The van der Waals surface area contributed by atoms with Crippen molar-refractivity contribution in [3.05, 3.63) is 53.1 Å². The summed E-state index contributed by atoms with van der Waals surface area (Å²) in [5.41, 5.74) is 9.03. The maximum absolute atomic E-state index is 10.1. The fourth-order valence-corrected chi connectivity index (χ4v) is 2.61. The first kappa shape index (κ1) is 12.5. The fraction of sp³-hybridized carbons (Fsp3) is 0.250. The number of phenolic OH excluding ortho intramolecular Hbond substituents is 1. The van der Waals surface area contributed by atoms with Gasteiger partial charge in [0.15, 0.2) is 0 Å². The summed E-state index contributed by atoms with van der Waals surface area (Å²) in [4.78, 5) is 0. The summed E-state index contributed by atoms with van der Waals surface area (Å²) < 4.78 is 0. The third-order valence-corrected chi connectivity index (χ3v) is 3.98. The number of nitrogens with two attached hydrogens (primary N) is 1. The van der Waals surface area contributed by atoms with Gasteiger partial charge in [-0.25, -0.2) is 0 Å². The maximum atomic E-state index is 10.1. The van der Waals surface area contributed by atoms with E-state index in [2.05, 4.69) is 0 Å². The molecule has 2 aromatic rings. The summed E-state index contributed by atoms with van der Waals surface area (Å²) in [7, 11) is 0. The molecule has 98 valence electrons. The predicted octanol–water partition coefficient (Wildman–Crippen LogP) is 4.12. The van der Waals surface area contributed by atoms with Gasteiger partial charge in [-0.05, 0) is 42.0 Å². The highest BCUT2D eigenvalue weighted by Crippen LogP contribution is 2.44. The average molecular weight is 274 g/mol. The van der Waals surface area contributed by atoms with Crippen LogP contribution in [0.25, 0.3) is 11.1 Å². The smallest absolute Gasteiger partial charge is 0.138 e. The second-order valence-corrected chi connectivity index (χ2v) is 5.53. The quantitative estimate of drug-likeness (QED) is 0.883. The number of hydrogen-bond acceptors (Lipinski definition) is 2. The maximum Gasteiger partial charge on any atom is 0.138 e. The van der Waals surface area contributed by atoms with Crippen LogP contribution in [0, 0.1) is 5.92 Å². The van der Waals surface area contributed by atoms with Crippen LogP contribution in [-0.4, -0.2) is 5.11 Å². The zero-order valence-electron chi connectivity index (χ0n) is 10.5. The largest absolute Gasteiger partial charge is 0.506 e. The molecule has 0 radical (unpaired) electrons. The van der Waals surface area contributed by atoms with Crippen molar-refractivity contribution in [2.75, 3.05) is 0 Å². The van der Waals surface area contributed by atoms with Gasteiger partial charge in [-0.3, -0.25) is 0 Å². The van der Waals surface area contributed by atoms with Gasteiger partial charge in [-0.1, -0.05) is 41.9 Å². The lowest BCUT2D eigenvalue weighted by atomic mass is 9.96. The van der Waals surface area contributed by atoms with Crippen molar-refractivity contribution in [3.8, 4) is 16.9 Å². The van der Waals surface area contributed by atoms with Crippen LogP contribution in [0.1, 0.15) is 24.4 Å². The standard InChI is InChI=1S/C16H16ClNO/c17-14-9-12(10-4-2-1-3-5-10)8-13(16(14)19)15(18)11-6-7-11/h1-5,8-9,11,15,19H,6-7,18H2. The van der Waals surface area contributed by atoms with E-state index < -0.39 is 0 Å². The van der Waals surface area contributed by atoms with Crippen molar-refractivity contribution >= 4 is 11.6 Å². The number of rotatable bonds is 3. The Morgan fingerprint density at radius 2 is 1.79 bits per heavy atom. The summed E-state index contributed by atoms with van der Waals surface area (Å²) in [6, 6.07) is 13.6. The topological polar surface area (TPSA) is 46.2 Å². The molecule has 1 unspecified atom stereocenters. The van der Waals surface area contributed by atoms with Gasteiger partial charge in [0, 0.05) is 11.6 Å². The first-order valence-corrected chi connectivity index (χ1v) is 6.88. The van der Waals surface area contributed by atoms with Crippen LogP contribution in [0.3, 0.4) is 0 Å². The Bertz CT molecular complexity index is 593. The zero-order valence-corrected chi connectivity index (χ0v) is 11.3. The molecule has 1 saturated carbocycles. The molecule has 3 rings (SSSR count). The highest BCUT2D eigenvalue weighted by molar-refractivity contribution is 6.32. The Balaban J connectivity index is 2.07. The van der Waals surface area contributed by atoms with Crippen LogP contribution < -0.4 is 5.73 Å². The second kappa shape index (κ2) is 4.87. The van der Waals surface area contributed by atoms with E-state index in [0.29, 0.717) is 10.9 Å². The number of phenols is 1. The molecule has 0 saturated heterocycles. The molecule has 2 nitrogen and oxygen atoms in total. The molecule has 1 aliphatic rings. The van der Waals surface area contributed by atoms with Crippen LogP contribution in [0.4, 0.5) is 0 Å². The van der Waals surface area contributed by atoms with E-state index in [1.165, 1.54) is 0 Å².